The number of allylic oxidation sites excluding steroid dienone is 1. The third-order valence-corrected chi connectivity index (χ3v) is 2.01. The number of benzene rings is 1. The van der Waals surface area contributed by atoms with Crippen molar-refractivity contribution in [3.63, 3.8) is 0 Å². The summed E-state index contributed by atoms with van der Waals surface area (Å²) in [5.74, 6) is 0. The second kappa shape index (κ2) is 5.58. The molecule has 0 heterocycles. The van der Waals surface area contributed by atoms with Crippen molar-refractivity contribution in [1.29, 1.82) is 0 Å². The Morgan fingerprint density at radius 1 is 1.23 bits per heavy atom. The zero-order valence-corrected chi connectivity index (χ0v) is 8.29. The van der Waals surface area contributed by atoms with Gasteiger partial charge >= 0.3 is 0 Å². The van der Waals surface area contributed by atoms with Crippen molar-refractivity contribution in [2.45, 2.75) is 26.2 Å². The zero-order valence-electron chi connectivity index (χ0n) is 8.29. The second-order valence-electron chi connectivity index (χ2n) is 3.31. The molecule has 1 rings (SSSR count). The van der Waals surface area contributed by atoms with Crippen molar-refractivity contribution in [2.75, 3.05) is 0 Å². The molecule has 1 radical (unpaired) electrons. The first-order valence-electron chi connectivity index (χ1n) is 4.85. The molecule has 0 aliphatic heterocycles. The average molecular weight is 173 g/mol. The number of unbranched alkanes of at least 4 members (excludes halogenated alkanes) is 2. The van der Waals surface area contributed by atoms with E-state index in [0.717, 1.165) is 12.8 Å². The Morgan fingerprint density at radius 3 is 2.54 bits per heavy atom. The first kappa shape index (κ1) is 10.0. The molecule has 0 spiro atoms. The molecule has 0 nitrogen and oxygen atoms in total. The summed E-state index contributed by atoms with van der Waals surface area (Å²) in [7, 11) is 0. The second-order valence-corrected chi connectivity index (χ2v) is 3.31. The fourth-order valence-electron chi connectivity index (χ4n) is 1.16. The molecular formula is C13H17. The number of hydrogen-bond donors (Lipinski definition) is 0. The SMILES string of the molecule is [CH2]CCCC=Cc1ccc(C)cc1. The van der Waals surface area contributed by atoms with E-state index >= 15 is 0 Å². The van der Waals surface area contributed by atoms with Crippen molar-refractivity contribution >= 4 is 6.08 Å². The van der Waals surface area contributed by atoms with Crippen LogP contribution >= 0.6 is 0 Å². The largest absolute Gasteiger partial charge is 0.0839 e. The molecule has 0 saturated heterocycles. The van der Waals surface area contributed by atoms with Gasteiger partial charge in [-0.25, -0.2) is 0 Å². The van der Waals surface area contributed by atoms with Gasteiger partial charge in [-0.1, -0.05) is 55.3 Å². The van der Waals surface area contributed by atoms with E-state index in [-0.39, 0.29) is 0 Å². The topological polar surface area (TPSA) is 0 Å². The minimum atomic E-state index is 1.03. The Morgan fingerprint density at radius 2 is 1.92 bits per heavy atom. The van der Waals surface area contributed by atoms with Gasteiger partial charge in [0.1, 0.15) is 0 Å². The number of rotatable bonds is 4. The summed E-state index contributed by atoms with van der Waals surface area (Å²) in [6, 6.07) is 8.58. The van der Waals surface area contributed by atoms with Crippen LogP contribution in [0.2, 0.25) is 0 Å². The molecule has 1 aromatic rings. The van der Waals surface area contributed by atoms with E-state index in [1.54, 1.807) is 0 Å². The van der Waals surface area contributed by atoms with Gasteiger partial charge < -0.3 is 0 Å². The molecule has 13 heavy (non-hydrogen) atoms. The molecule has 0 amide bonds. The van der Waals surface area contributed by atoms with Gasteiger partial charge in [-0.3, -0.25) is 0 Å². The maximum atomic E-state index is 3.81. The summed E-state index contributed by atoms with van der Waals surface area (Å²) >= 11 is 0. The average Bonchev–Trinajstić information content (AvgIpc) is 2.15. The van der Waals surface area contributed by atoms with Crippen molar-refractivity contribution in [2.24, 2.45) is 0 Å². The lowest BCUT2D eigenvalue weighted by Crippen LogP contribution is -1.73. The lowest BCUT2D eigenvalue weighted by molar-refractivity contribution is 0.868. The molecule has 0 fully saturated rings. The first-order chi connectivity index (χ1) is 6.33. The third kappa shape index (κ3) is 3.93. The zero-order chi connectivity index (χ0) is 9.52. The fraction of sp³-hybridized carbons (Fsp3) is 0.308. The molecule has 69 valence electrons. The summed E-state index contributed by atoms with van der Waals surface area (Å²) in [4.78, 5) is 0. The normalized spacial score (nSPS) is 10.9. The molecule has 0 unspecified atom stereocenters. The van der Waals surface area contributed by atoms with Crippen LogP contribution in [0.4, 0.5) is 0 Å². The van der Waals surface area contributed by atoms with Crippen LogP contribution in [-0.4, -0.2) is 0 Å². The highest BCUT2D eigenvalue weighted by Gasteiger charge is 1.85. The first-order valence-corrected chi connectivity index (χ1v) is 4.85. The maximum absolute atomic E-state index is 3.81. The van der Waals surface area contributed by atoms with Gasteiger partial charge in [0, 0.05) is 0 Å². The van der Waals surface area contributed by atoms with Crippen LogP contribution in [0.15, 0.2) is 30.3 Å². The molecular weight excluding hydrogens is 156 g/mol. The molecule has 0 N–H and O–H groups in total. The minimum Gasteiger partial charge on any atom is -0.0839 e. The summed E-state index contributed by atoms with van der Waals surface area (Å²) in [5.41, 5.74) is 2.60. The predicted molar refractivity (Wildman–Crippen MR) is 59.4 cm³/mol. The summed E-state index contributed by atoms with van der Waals surface area (Å²) < 4.78 is 0. The van der Waals surface area contributed by atoms with Crippen molar-refractivity contribution < 1.29 is 0 Å². The molecule has 0 aromatic heterocycles. The van der Waals surface area contributed by atoms with Crippen LogP contribution in [0, 0.1) is 13.8 Å². The van der Waals surface area contributed by atoms with E-state index < -0.39 is 0 Å². The van der Waals surface area contributed by atoms with Gasteiger partial charge in [-0.05, 0) is 25.3 Å². The molecule has 0 atom stereocenters. The van der Waals surface area contributed by atoms with Crippen LogP contribution in [0.25, 0.3) is 6.08 Å². The Labute approximate surface area is 81.3 Å². The standard InChI is InChI=1S/C13H17/c1-3-4-5-6-7-13-10-8-12(2)9-11-13/h6-11H,1,3-5H2,2H3. The van der Waals surface area contributed by atoms with E-state index in [9.17, 15) is 0 Å². The van der Waals surface area contributed by atoms with Gasteiger partial charge in [-0.2, -0.15) is 0 Å². The summed E-state index contributed by atoms with van der Waals surface area (Å²) in [6.07, 6.45) is 7.74. The highest BCUT2D eigenvalue weighted by Crippen LogP contribution is 2.06. The number of hydrogen-bond acceptors (Lipinski definition) is 0. The van der Waals surface area contributed by atoms with Crippen LogP contribution in [0.1, 0.15) is 30.4 Å². The van der Waals surface area contributed by atoms with Crippen molar-refractivity contribution in [1.82, 2.24) is 0 Å². The molecule has 0 saturated carbocycles. The quantitative estimate of drug-likeness (QED) is 0.603. The predicted octanol–water partition coefficient (Wildman–Crippen LogP) is 4.01. The van der Waals surface area contributed by atoms with Gasteiger partial charge in [0.2, 0.25) is 0 Å². The number of aryl methyl sites for hydroxylation is 1. The molecule has 1 aromatic carbocycles. The molecule has 0 heteroatoms. The van der Waals surface area contributed by atoms with Crippen LogP contribution in [-0.2, 0) is 0 Å². The fourth-order valence-corrected chi connectivity index (χ4v) is 1.16. The van der Waals surface area contributed by atoms with Gasteiger partial charge in [0.05, 0.1) is 0 Å². The van der Waals surface area contributed by atoms with E-state index in [2.05, 4.69) is 50.3 Å². The minimum absolute atomic E-state index is 1.03. The maximum Gasteiger partial charge on any atom is -0.0260 e. The monoisotopic (exact) mass is 173 g/mol. The van der Waals surface area contributed by atoms with E-state index in [1.807, 2.05) is 0 Å². The van der Waals surface area contributed by atoms with Crippen molar-refractivity contribution in [3.05, 3.63) is 48.4 Å². The summed E-state index contributed by atoms with van der Waals surface area (Å²) in [5, 5.41) is 0. The van der Waals surface area contributed by atoms with Crippen LogP contribution in [0.3, 0.4) is 0 Å². The van der Waals surface area contributed by atoms with Crippen LogP contribution in [0.5, 0.6) is 0 Å². The highest BCUT2D eigenvalue weighted by atomic mass is 13.9. The Kier molecular flexibility index (Phi) is 4.31. The van der Waals surface area contributed by atoms with E-state index in [1.165, 1.54) is 17.5 Å². The molecule has 0 bridgehead atoms. The smallest absolute Gasteiger partial charge is 0.0260 e. The van der Waals surface area contributed by atoms with Gasteiger partial charge in [0.25, 0.3) is 0 Å². The van der Waals surface area contributed by atoms with Gasteiger partial charge in [0.15, 0.2) is 0 Å². The lowest BCUT2D eigenvalue weighted by Gasteiger charge is -1.94. The molecule has 0 aliphatic rings. The Bertz CT molecular complexity index is 254. The highest BCUT2D eigenvalue weighted by molar-refractivity contribution is 5.49. The van der Waals surface area contributed by atoms with Gasteiger partial charge in [-0.15, -0.1) is 0 Å². The van der Waals surface area contributed by atoms with Crippen molar-refractivity contribution in [3.8, 4) is 0 Å². The van der Waals surface area contributed by atoms with E-state index in [0.29, 0.717) is 0 Å². The Balaban J connectivity index is 2.44. The lowest BCUT2D eigenvalue weighted by atomic mass is 10.1. The Hall–Kier alpha value is -1.04. The summed E-state index contributed by atoms with van der Waals surface area (Å²) in [6.45, 7) is 5.92. The molecule has 0 aliphatic carbocycles. The van der Waals surface area contributed by atoms with E-state index in [4.69, 9.17) is 0 Å². The van der Waals surface area contributed by atoms with Crippen LogP contribution < -0.4 is 0 Å². The third-order valence-electron chi connectivity index (χ3n) is 2.01.